The summed E-state index contributed by atoms with van der Waals surface area (Å²) >= 11 is 2.78. The Morgan fingerprint density at radius 3 is 3.20 bits per heavy atom. The molecule has 1 aliphatic carbocycles. The largest absolute Gasteiger partial charge is 0.618 e. The Hall–Kier alpha value is -1.60. The first-order valence-electron chi connectivity index (χ1n) is 6.32. The summed E-state index contributed by atoms with van der Waals surface area (Å²) in [5, 5.41) is 15.4. The van der Waals surface area contributed by atoms with Gasteiger partial charge in [-0.2, -0.15) is 4.73 Å². The van der Waals surface area contributed by atoms with Gasteiger partial charge in [0.1, 0.15) is 0 Å². The van der Waals surface area contributed by atoms with Crippen molar-refractivity contribution >= 4 is 34.1 Å². The molecule has 0 fully saturated rings. The second-order valence-electron chi connectivity index (χ2n) is 4.44. The molecule has 0 unspecified atom stereocenters. The van der Waals surface area contributed by atoms with E-state index in [1.165, 1.54) is 22.8 Å². The molecule has 7 heteroatoms. The number of pyridine rings is 1. The van der Waals surface area contributed by atoms with E-state index < -0.39 is 0 Å². The lowest BCUT2D eigenvalue weighted by molar-refractivity contribution is -0.645. The average molecular weight is 307 g/mol. The molecule has 0 bridgehead atoms. The molecule has 0 atom stereocenters. The maximum Gasteiger partial charge on any atom is 0.251 e. The lowest BCUT2D eigenvalue weighted by Crippen LogP contribution is -2.28. The van der Waals surface area contributed by atoms with Gasteiger partial charge in [0, 0.05) is 17.0 Å². The summed E-state index contributed by atoms with van der Waals surface area (Å²) in [4.78, 5) is 17.5. The van der Waals surface area contributed by atoms with Gasteiger partial charge < -0.3 is 10.5 Å². The molecule has 104 valence electrons. The van der Waals surface area contributed by atoms with Crippen molar-refractivity contribution in [1.82, 2.24) is 4.98 Å². The third-order valence-corrected chi connectivity index (χ3v) is 5.07. The van der Waals surface area contributed by atoms with Crippen LogP contribution in [0.4, 0.5) is 5.13 Å². The number of carbonyl (C=O) groups is 1. The fraction of sp³-hybridized carbons (Fsp3) is 0.308. The van der Waals surface area contributed by atoms with Gasteiger partial charge in [0.15, 0.2) is 11.3 Å². The van der Waals surface area contributed by atoms with Gasteiger partial charge in [0.05, 0.1) is 11.4 Å². The number of aryl methyl sites for hydroxylation is 2. The first-order chi connectivity index (χ1) is 9.72. The average Bonchev–Trinajstić information content (AvgIpc) is 2.98. The minimum atomic E-state index is -0.133. The van der Waals surface area contributed by atoms with Crippen molar-refractivity contribution < 1.29 is 9.52 Å². The van der Waals surface area contributed by atoms with Crippen molar-refractivity contribution in [3.05, 3.63) is 40.2 Å². The second kappa shape index (κ2) is 5.80. The highest BCUT2D eigenvalue weighted by molar-refractivity contribution is 7.99. The zero-order valence-electron chi connectivity index (χ0n) is 10.7. The van der Waals surface area contributed by atoms with Crippen LogP contribution in [0.2, 0.25) is 0 Å². The molecule has 3 rings (SSSR count). The molecule has 0 spiro atoms. The van der Waals surface area contributed by atoms with Gasteiger partial charge in [-0.25, -0.2) is 4.98 Å². The zero-order valence-corrected chi connectivity index (χ0v) is 12.3. The predicted octanol–water partition coefficient (Wildman–Crippen LogP) is 2.00. The number of hydrogen-bond donors (Lipinski definition) is 1. The molecule has 0 saturated heterocycles. The molecule has 2 aromatic rings. The van der Waals surface area contributed by atoms with E-state index in [1.807, 2.05) is 0 Å². The van der Waals surface area contributed by atoms with Crippen LogP contribution in [0, 0.1) is 5.21 Å². The van der Waals surface area contributed by atoms with E-state index in [2.05, 4.69) is 10.3 Å². The van der Waals surface area contributed by atoms with Gasteiger partial charge in [0.25, 0.3) is 5.03 Å². The summed E-state index contributed by atoms with van der Waals surface area (Å²) in [5.41, 5.74) is 1.12. The number of nitrogens with one attached hydrogen (secondary N) is 1. The zero-order chi connectivity index (χ0) is 13.9. The topological polar surface area (TPSA) is 68.9 Å². The standard InChI is InChI=1S/C13H13N3O2S2/c17-11(8-19-12-6-1-2-7-16(12)18)15-13-14-9-4-3-5-10(9)20-13/h1-2,6-7H,3-5,8H2,(H,14,15,17). The van der Waals surface area contributed by atoms with E-state index in [-0.39, 0.29) is 11.7 Å². The number of thioether (sulfide) groups is 1. The smallest absolute Gasteiger partial charge is 0.251 e. The molecule has 0 aliphatic heterocycles. The number of thiazole rings is 1. The number of amides is 1. The van der Waals surface area contributed by atoms with Crippen molar-refractivity contribution in [3.8, 4) is 0 Å². The minimum absolute atomic E-state index is 0.133. The highest BCUT2D eigenvalue weighted by Crippen LogP contribution is 2.30. The van der Waals surface area contributed by atoms with Crippen LogP contribution in [0.5, 0.6) is 0 Å². The molecule has 1 N–H and O–H groups in total. The summed E-state index contributed by atoms with van der Waals surface area (Å²) in [6, 6.07) is 5.14. The van der Waals surface area contributed by atoms with Crippen molar-refractivity contribution in [2.45, 2.75) is 24.3 Å². The maximum atomic E-state index is 11.8. The van der Waals surface area contributed by atoms with E-state index in [1.54, 1.807) is 29.5 Å². The Balaban J connectivity index is 1.56. The summed E-state index contributed by atoms with van der Waals surface area (Å²) in [6.07, 6.45) is 4.66. The van der Waals surface area contributed by atoms with E-state index in [0.717, 1.165) is 29.7 Å². The van der Waals surface area contributed by atoms with Gasteiger partial charge in [-0.3, -0.25) is 4.79 Å². The van der Waals surface area contributed by atoms with Gasteiger partial charge in [0.2, 0.25) is 5.91 Å². The number of hydrogen-bond acceptors (Lipinski definition) is 5. The first kappa shape index (κ1) is 13.4. The Morgan fingerprint density at radius 1 is 1.50 bits per heavy atom. The lowest BCUT2D eigenvalue weighted by Gasteiger charge is -2.03. The fourth-order valence-electron chi connectivity index (χ4n) is 2.06. The lowest BCUT2D eigenvalue weighted by atomic mass is 10.4. The highest BCUT2D eigenvalue weighted by Gasteiger charge is 2.18. The molecular formula is C13H13N3O2S2. The Morgan fingerprint density at radius 2 is 2.40 bits per heavy atom. The monoisotopic (exact) mass is 307 g/mol. The van der Waals surface area contributed by atoms with Gasteiger partial charge in [-0.15, -0.1) is 11.3 Å². The van der Waals surface area contributed by atoms with Crippen molar-refractivity contribution in [1.29, 1.82) is 0 Å². The first-order valence-corrected chi connectivity index (χ1v) is 8.12. The summed E-state index contributed by atoms with van der Waals surface area (Å²) < 4.78 is 0.760. The number of carbonyl (C=O) groups excluding carboxylic acids is 1. The number of nitrogens with zero attached hydrogens (tertiary/aromatic N) is 2. The molecule has 5 nitrogen and oxygen atoms in total. The Bertz CT molecular complexity index is 621. The highest BCUT2D eigenvalue weighted by atomic mass is 32.2. The van der Waals surface area contributed by atoms with Gasteiger partial charge in [-0.1, -0.05) is 0 Å². The number of aromatic nitrogens is 2. The molecule has 1 amide bonds. The fourth-order valence-corrected chi connectivity index (χ4v) is 3.84. The summed E-state index contributed by atoms with van der Waals surface area (Å²) in [6.45, 7) is 0. The third-order valence-electron chi connectivity index (χ3n) is 2.98. The molecule has 20 heavy (non-hydrogen) atoms. The SMILES string of the molecule is O=C(CSc1cccc[n+]1[O-])Nc1nc2c(s1)CCC2. The molecule has 2 aromatic heterocycles. The Labute approximate surface area is 124 Å². The van der Waals surface area contributed by atoms with Crippen LogP contribution in [0.3, 0.4) is 0 Å². The van der Waals surface area contributed by atoms with E-state index in [9.17, 15) is 10.0 Å². The van der Waals surface area contributed by atoms with Crippen LogP contribution in [0.15, 0.2) is 29.4 Å². The summed E-state index contributed by atoms with van der Waals surface area (Å²) in [5.74, 6) is 0.0718. The van der Waals surface area contributed by atoms with Crippen LogP contribution < -0.4 is 10.0 Å². The summed E-state index contributed by atoms with van der Waals surface area (Å²) in [7, 11) is 0. The molecule has 0 aromatic carbocycles. The second-order valence-corrected chi connectivity index (χ2v) is 6.52. The van der Waals surface area contributed by atoms with E-state index in [4.69, 9.17) is 0 Å². The quantitative estimate of drug-likeness (QED) is 0.533. The van der Waals surface area contributed by atoms with Crippen LogP contribution in [0.25, 0.3) is 0 Å². The van der Waals surface area contributed by atoms with Gasteiger partial charge >= 0.3 is 0 Å². The van der Waals surface area contributed by atoms with Crippen LogP contribution in [-0.4, -0.2) is 16.6 Å². The molecule has 1 aliphatic rings. The normalized spacial score (nSPS) is 13.2. The van der Waals surface area contributed by atoms with Gasteiger partial charge in [-0.05, 0) is 37.1 Å². The van der Waals surface area contributed by atoms with E-state index >= 15 is 0 Å². The predicted molar refractivity (Wildman–Crippen MR) is 78.9 cm³/mol. The molecule has 2 heterocycles. The molecular weight excluding hydrogens is 294 g/mol. The molecule has 0 radical (unpaired) electrons. The third kappa shape index (κ3) is 2.94. The number of anilines is 1. The molecule has 0 saturated carbocycles. The maximum absolute atomic E-state index is 11.8. The van der Waals surface area contributed by atoms with Crippen LogP contribution in [-0.2, 0) is 17.6 Å². The number of rotatable bonds is 4. The van der Waals surface area contributed by atoms with Crippen LogP contribution in [0.1, 0.15) is 17.0 Å². The van der Waals surface area contributed by atoms with E-state index in [0.29, 0.717) is 10.2 Å². The Kier molecular flexibility index (Phi) is 3.88. The van der Waals surface area contributed by atoms with Crippen molar-refractivity contribution in [2.24, 2.45) is 0 Å². The minimum Gasteiger partial charge on any atom is -0.618 e. The number of fused-ring (bicyclic) bond motifs is 1. The van der Waals surface area contributed by atoms with Crippen molar-refractivity contribution in [2.75, 3.05) is 11.1 Å². The van der Waals surface area contributed by atoms with Crippen LogP contribution >= 0.6 is 23.1 Å². The van der Waals surface area contributed by atoms with Crippen molar-refractivity contribution in [3.63, 3.8) is 0 Å².